The van der Waals surface area contributed by atoms with Gasteiger partial charge in [0.1, 0.15) is 0 Å². The number of nitrogens with zero attached hydrogens (tertiary/aromatic N) is 2. The molecule has 1 unspecified atom stereocenters. The average molecular weight is 229 g/mol. The molecule has 1 aromatic heterocycles. The maximum atomic E-state index is 6.24. The molecule has 0 aliphatic rings. The van der Waals surface area contributed by atoms with Crippen LogP contribution in [0.5, 0.6) is 0 Å². The van der Waals surface area contributed by atoms with Crippen molar-refractivity contribution in [2.24, 2.45) is 0 Å². The fraction of sp³-hybridized carbons (Fsp3) is 0.750. The number of rotatable bonds is 4. The van der Waals surface area contributed by atoms with Crippen molar-refractivity contribution in [3.63, 3.8) is 0 Å². The van der Waals surface area contributed by atoms with Crippen LogP contribution in [-0.2, 0) is 12.8 Å². The van der Waals surface area contributed by atoms with Gasteiger partial charge in [0.05, 0.1) is 11.1 Å². The van der Waals surface area contributed by atoms with E-state index in [1.807, 2.05) is 6.92 Å². The second kappa shape index (κ2) is 5.02. The monoisotopic (exact) mass is 228 g/mol. The first-order valence-electron chi connectivity index (χ1n) is 5.77. The van der Waals surface area contributed by atoms with Crippen LogP contribution in [0, 0.1) is 0 Å². The molecular weight excluding hydrogens is 208 g/mol. The molecule has 3 heteroatoms. The summed E-state index contributed by atoms with van der Waals surface area (Å²) in [6.45, 7) is 10.7. The van der Waals surface area contributed by atoms with Gasteiger partial charge >= 0.3 is 0 Å². The second-order valence-corrected chi connectivity index (χ2v) is 4.82. The highest BCUT2D eigenvalue weighted by molar-refractivity contribution is 6.20. The molecule has 0 saturated heterocycles. The van der Waals surface area contributed by atoms with E-state index >= 15 is 0 Å². The van der Waals surface area contributed by atoms with Crippen LogP contribution in [0.1, 0.15) is 63.0 Å². The minimum absolute atomic E-state index is 0.0578. The molecule has 1 aromatic rings. The minimum Gasteiger partial charge on any atom is -0.267 e. The summed E-state index contributed by atoms with van der Waals surface area (Å²) >= 11 is 6.24. The van der Waals surface area contributed by atoms with Crippen LogP contribution in [-0.4, -0.2) is 9.78 Å². The van der Waals surface area contributed by atoms with Crippen molar-refractivity contribution in [2.45, 2.75) is 58.9 Å². The molecule has 0 aliphatic carbocycles. The van der Waals surface area contributed by atoms with E-state index in [-0.39, 0.29) is 5.38 Å². The number of aryl methyl sites for hydroxylation is 1. The van der Waals surface area contributed by atoms with Crippen LogP contribution in [0.25, 0.3) is 0 Å². The van der Waals surface area contributed by atoms with Gasteiger partial charge in [0.15, 0.2) is 0 Å². The highest BCUT2D eigenvalue weighted by Crippen LogP contribution is 2.29. The predicted molar refractivity (Wildman–Crippen MR) is 65.6 cm³/mol. The molecule has 0 N–H and O–H groups in total. The van der Waals surface area contributed by atoms with Crippen LogP contribution in [0.3, 0.4) is 0 Å². The van der Waals surface area contributed by atoms with Crippen LogP contribution >= 0.6 is 11.6 Å². The molecule has 0 radical (unpaired) electrons. The summed E-state index contributed by atoms with van der Waals surface area (Å²) in [5.74, 6) is 0. The summed E-state index contributed by atoms with van der Waals surface area (Å²) < 4.78 is 2.12. The lowest BCUT2D eigenvalue weighted by Crippen LogP contribution is -2.07. The zero-order valence-corrected chi connectivity index (χ0v) is 11.1. The van der Waals surface area contributed by atoms with Crippen LogP contribution in [0.2, 0.25) is 0 Å². The molecule has 15 heavy (non-hydrogen) atoms. The van der Waals surface area contributed by atoms with E-state index < -0.39 is 0 Å². The minimum atomic E-state index is 0.0578. The maximum Gasteiger partial charge on any atom is 0.0671 e. The Labute approximate surface area is 97.6 Å². The standard InChI is InChI=1S/C12H21ClN2/c1-6-10-12(9(5)13)11(7-2)15(14-10)8(3)4/h8-9H,6-7H2,1-5H3. The second-order valence-electron chi connectivity index (χ2n) is 4.17. The normalized spacial score (nSPS) is 13.5. The highest BCUT2D eigenvalue weighted by atomic mass is 35.5. The Kier molecular flexibility index (Phi) is 4.21. The molecular formula is C12H21ClN2. The highest BCUT2D eigenvalue weighted by Gasteiger charge is 2.19. The van der Waals surface area contributed by atoms with Gasteiger partial charge < -0.3 is 0 Å². The molecule has 86 valence electrons. The van der Waals surface area contributed by atoms with Crippen molar-refractivity contribution in [1.29, 1.82) is 0 Å². The zero-order valence-electron chi connectivity index (χ0n) is 10.3. The molecule has 0 aliphatic heterocycles. The summed E-state index contributed by atoms with van der Waals surface area (Å²) in [7, 11) is 0. The fourth-order valence-corrected chi connectivity index (χ4v) is 2.29. The van der Waals surface area contributed by atoms with Crippen molar-refractivity contribution in [2.75, 3.05) is 0 Å². The van der Waals surface area contributed by atoms with Crippen molar-refractivity contribution >= 4 is 11.6 Å². The summed E-state index contributed by atoms with van der Waals surface area (Å²) in [6, 6.07) is 0.411. The van der Waals surface area contributed by atoms with Crippen LogP contribution in [0.15, 0.2) is 0 Å². The molecule has 1 heterocycles. The Hall–Kier alpha value is -0.500. The molecule has 0 saturated carbocycles. The lowest BCUT2D eigenvalue weighted by molar-refractivity contribution is 0.506. The third kappa shape index (κ3) is 2.36. The quantitative estimate of drug-likeness (QED) is 0.715. The number of alkyl halides is 1. The maximum absolute atomic E-state index is 6.24. The molecule has 1 atom stereocenters. The Balaban J connectivity index is 3.32. The van der Waals surface area contributed by atoms with Gasteiger partial charge in [-0.1, -0.05) is 13.8 Å². The van der Waals surface area contributed by atoms with Gasteiger partial charge in [-0.2, -0.15) is 5.10 Å². The smallest absolute Gasteiger partial charge is 0.0671 e. The lowest BCUT2D eigenvalue weighted by Gasteiger charge is -2.11. The van der Waals surface area contributed by atoms with Gasteiger partial charge in [-0.15, -0.1) is 11.6 Å². The Bertz CT molecular complexity index is 327. The number of hydrogen-bond acceptors (Lipinski definition) is 1. The molecule has 0 fully saturated rings. The Morgan fingerprint density at radius 3 is 2.13 bits per heavy atom. The molecule has 0 bridgehead atoms. The van der Waals surface area contributed by atoms with Crippen molar-refractivity contribution in [3.8, 4) is 0 Å². The first-order valence-corrected chi connectivity index (χ1v) is 6.20. The van der Waals surface area contributed by atoms with Gasteiger partial charge in [-0.3, -0.25) is 4.68 Å². The van der Waals surface area contributed by atoms with E-state index in [0.717, 1.165) is 18.5 Å². The van der Waals surface area contributed by atoms with Gasteiger partial charge in [0.25, 0.3) is 0 Å². The molecule has 0 aromatic carbocycles. The van der Waals surface area contributed by atoms with Crippen LogP contribution < -0.4 is 0 Å². The summed E-state index contributed by atoms with van der Waals surface area (Å²) in [5.41, 5.74) is 3.70. The molecule has 0 spiro atoms. The summed E-state index contributed by atoms with van der Waals surface area (Å²) in [4.78, 5) is 0. The lowest BCUT2D eigenvalue weighted by atomic mass is 10.1. The van der Waals surface area contributed by atoms with Crippen molar-refractivity contribution in [3.05, 3.63) is 17.0 Å². The van der Waals surface area contributed by atoms with Gasteiger partial charge in [-0.05, 0) is 33.6 Å². The molecule has 0 amide bonds. The van der Waals surface area contributed by atoms with E-state index in [2.05, 4.69) is 37.5 Å². The number of halogens is 1. The summed E-state index contributed by atoms with van der Waals surface area (Å²) in [5, 5.41) is 4.71. The van der Waals surface area contributed by atoms with E-state index in [9.17, 15) is 0 Å². The van der Waals surface area contributed by atoms with E-state index in [1.54, 1.807) is 0 Å². The largest absolute Gasteiger partial charge is 0.267 e. The van der Waals surface area contributed by atoms with Gasteiger partial charge in [-0.25, -0.2) is 0 Å². The van der Waals surface area contributed by atoms with Gasteiger partial charge in [0.2, 0.25) is 0 Å². The topological polar surface area (TPSA) is 17.8 Å². The molecule has 1 rings (SSSR count). The van der Waals surface area contributed by atoms with E-state index in [4.69, 9.17) is 11.6 Å². The molecule has 2 nitrogen and oxygen atoms in total. The SMILES string of the molecule is CCc1nn(C(C)C)c(CC)c1C(C)Cl. The number of aromatic nitrogens is 2. The predicted octanol–water partition coefficient (Wildman–Crippen LogP) is 3.89. The zero-order chi connectivity index (χ0) is 11.6. The fourth-order valence-electron chi connectivity index (χ4n) is 2.03. The van der Waals surface area contributed by atoms with E-state index in [0.29, 0.717) is 6.04 Å². The van der Waals surface area contributed by atoms with Crippen molar-refractivity contribution in [1.82, 2.24) is 9.78 Å². The Morgan fingerprint density at radius 1 is 1.20 bits per heavy atom. The average Bonchev–Trinajstić information content (AvgIpc) is 2.55. The van der Waals surface area contributed by atoms with Crippen molar-refractivity contribution < 1.29 is 0 Å². The number of hydrogen-bond donors (Lipinski definition) is 0. The van der Waals surface area contributed by atoms with Crippen LogP contribution in [0.4, 0.5) is 0 Å². The first-order chi connectivity index (χ1) is 7.02. The first kappa shape index (κ1) is 12.6. The van der Waals surface area contributed by atoms with Gasteiger partial charge in [0, 0.05) is 17.3 Å². The third-order valence-corrected chi connectivity index (χ3v) is 2.90. The third-order valence-electron chi connectivity index (χ3n) is 2.68. The summed E-state index contributed by atoms with van der Waals surface area (Å²) in [6.07, 6.45) is 1.96. The van der Waals surface area contributed by atoms with E-state index in [1.165, 1.54) is 11.3 Å². The Morgan fingerprint density at radius 2 is 1.80 bits per heavy atom.